The Labute approximate surface area is 245 Å². The fraction of sp³-hybridized carbons (Fsp3) is 0.353. The number of hydrogen-bond donors (Lipinski definition) is 0. The molecule has 0 N–H and O–H groups in total. The van der Waals surface area contributed by atoms with Crippen molar-refractivity contribution < 1.29 is 13.9 Å². The Morgan fingerprint density at radius 1 is 1.05 bits per heavy atom. The van der Waals surface area contributed by atoms with Crippen LogP contribution in [0.2, 0.25) is 0 Å². The van der Waals surface area contributed by atoms with E-state index in [9.17, 15) is 14.4 Å². The van der Waals surface area contributed by atoms with Crippen LogP contribution >= 0.6 is 11.8 Å². The average molecular weight is 570 g/mol. The van der Waals surface area contributed by atoms with Gasteiger partial charge in [0.25, 0.3) is 0 Å². The standard InChI is InChI=1S/C34H36FN3O2S/c1-3-31-33(25-16-19-37(20-17-25)18-5-21-41-29-13-9-27(35)10-14-29)30-15-6-24(23-36)22-32(30)38(31)28-11-7-26(8-12-28)34(39)40-4-2/h6-15,22,25H,3-5,16-21H2,1-2H3. The quantitative estimate of drug-likeness (QED) is 0.111. The molecule has 4 aromatic rings. The summed E-state index contributed by atoms with van der Waals surface area (Å²) >= 11 is 1.79. The maximum absolute atomic E-state index is 13.1. The zero-order valence-corrected chi connectivity index (χ0v) is 24.6. The van der Waals surface area contributed by atoms with E-state index in [1.165, 1.54) is 28.8 Å². The van der Waals surface area contributed by atoms with E-state index in [4.69, 9.17) is 4.74 Å². The Morgan fingerprint density at radius 3 is 2.44 bits per heavy atom. The third kappa shape index (κ3) is 6.50. The van der Waals surface area contributed by atoms with Gasteiger partial charge in [0.15, 0.2) is 0 Å². The number of hydrogen-bond acceptors (Lipinski definition) is 5. The minimum atomic E-state index is -0.319. The molecular formula is C34H36FN3O2S. The lowest BCUT2D eigenvalue weighted by molar-refractivity contribution is 0.0526. The minimum Gasteiger partial charge on any atom is -0.462 e. The molecule has 1 fully saturated rings. The van der Waals surface area contributed by atoms with Crippen molar-refractivity contribution in [2.75, 3.05) is 32.0 Å². The lowest BCUT2D eigenvalue weighted by atomic mass is 9.86. The Hall–Kier alpha value is -3.60. The number of rotatable bonds is 10. The van der Waals surface area contributed by atoms with Crippen LogP contribution in [0.5, 0.6) is 0 Å². The van der Waals surface area contributed by atoms with Crippen molar-refractivity contribution in [2.24, 2.45) is 0 Å². The van der Waals surface area contributed by atoms with Gasteiger partial charge >= 0.3 is 5.97 Å². The van der Waals surface area contributed by atoms with Crippen LogP contribution in [-0.4, -0.2) is 47.4 Å². The molecule has 3 aromatic carbocycles. The van der Waals surface area contributed by atoms with E-state index < -0.39 is 0 Å². The highest BCUT2D eigenvalue weighted by molar-refractivity contribution is 7.99. The highest BCUT2D eigenvalue weighted by Crippen LogP contribution is 2.40. The van der Waals surface area contributed by atoms with Crippen molar-refractivity contribution >= 4 is 28.6 Å². The third-order valence-electron chi connectivity index (χ3n) is 7.91. The van der Waals surface area contributed by atoms with Gasteiger partial charge in [-0.25, -0.2) is 9.18 Å². The lowest BCUT2D eigenvalue weighted by Gasteiger charge is -2.32. The molecular weight excluding hydrogens is 533 g/mol. The van der Waals surface area contributed by atoms with Crippen molar-refractivity contribution in [1.82, 2.24) is 9.47 Å². The summed E-state index contributed by atoms with van der Waals surface area (Å²) in [6.07, 6.45) is 4.16. The molecule has 1 aliphatic rings. The first-order chi connectivity index (χ1) is 20.0. The molecule has 2 heterocycles. The molecule has 0 atom stereocenters. The number of thioether (sulfide) groups is 1. The van der Waals surface area contributed by atoms with Crippen molar-refractivity contribution in [3.8, 4) is 11.8 Å². The molecule has 0 aliphatic carbocycles. The molecule has 1 aliphatic heterocycles. The Kier molecular flexibility index (Phi) is 9.43. The molecule has 0 radical (unpaired) electrons. The maximum atomic E-state index is 13.1. The summed E-state index contributed by atoms with van der Waals surface area (Å²) in [5.41, 5.74) is 5.87. The number of carbonyl (C=O) groups excluding carboxylic acids is 1. The van der Waals surface area contributed by atoms with Gasteiger partial charge < -0.3 is 14.2 Å². The topological polar surface area (TPSA) is 58.3 Å². The van der Waals surface area contributed by atoms with Crippen LogP contribution in [0.1, 0.15) is 66.2 Å². The van der Waals surface area contributed by atoms with Crippen molar-refractivity contribution in [1.29, 1.82) is 5.26 Å². The first kappa shape index (κ1) is 28.9. The van der Waals surface area contributed by atoms with Gasteiger partial charge in [-0.15, -0.1) is 11.8 Å². The number of aromatic nitrogens is 1. The number of benzene rings is 3. The molecule has 0 bridgehead atoms. The number of piperidine rings is 1. The summed E-state index contributed by atoms with van der Waals surface area (Å²) in [5.74, 6) is 0.963. The van der Waals surface area contributed by atoms with Crippen molar-refractivity contribution in [3.63, 3.8) is 0 Å². The van der Waals surface area contributed by atoms with Crippen LogP contribution in [-0.2, 0) is 11.2 Å². The predicted molar refractivity (Wildman–Crippen MR) is 163 cm³/mol. The maximum Gasteiger partial charge on any atom is 0.338 e. The second kappa shape index (κ2) is 13.4. The zero-order chi connectivity index (χ0) is 28.8. The zero-order valence-electron chi connectivity index (χ0n) is 23.7. The monoisotopic (exact) mass is 569 g/mol. The summed E-state index contributed by atoms with van der Waals surface area (Å²) in [4.78, 5) is 15.9. The number of halogens is 1. The fourth-order valence-electron chi connectivity index (χ4n) is 5.95. The Bertz CT molecular complexity index is 1530. The summed E-state index contributed by atoms with van der Waals surface area (Å²) in [5, 5.41) is 10.9. The van der Waals surface area contributed by atoms with E-state index >= 15 is 0 Å². The second-order valence-electron chi connectivity index (χ2n) is 10.4. The van der Waals surface area contributed by atoms with Crippen LogP contribution < -0.4 is 0 Å². The molecule has 0 unspecified atom stereocenters. The van der Waals surface area contributed by atoms with Crippen molar-refractivity contribution in [3.05, 3.63) is 94.9 Å². The fourth-order valence-corrected chi connectivity index (χ4v) is 6.79. The minimum absolute atomic E-state index is 0.191. The largest absolute Gasteiger partial charge is 0.462 e. The second-order valence-corrected chi connectivity index (χ2v) is 11.6. The van der Waals surface area contributed by atoms with Gasteiger partial charge in [0.2, 0.25) is 0 Å². The number of fused-ring (bicyclic) bond motifs is 1. The molecule has 5 nitrogen and oxygen atoms in total. The van der Waals surface area contributed by atoms with E-state index in [1.807, 2.05) is 48.5 Å². The van der Waals surface area contributed by atoms with Gasteiger partial charge in [-0.2, -0.15) is 5.26 Å². The Balaban J connectivity index is 1.33. The number of nitrogens with zero attached hydrogens (tertiary/aromatic N) is 3. The van der Waals surface area contributed by atoms with Crippen molar-refractivity contribution in [2.45, 2.75) is 50.3 Å². The highest BCUT2D eigenvalue weighted by atomic mass is 32.2. The van der Waals surface area contributed by atoms with Gasteiger partial charge in [0, 0.05) is 21.7 Å². The first-order valence-corrected chi connectivity index (χ1v) is 15.5. The molecule has 0 spiro atoms. The molecule has 0 saturated carbocycles. The molecule has 5 rings (SSSR count). The molecule has 41 heavy (non-hydrogen) atoms. The molecule has 1 aromatic heterocycles. The van der Waals surface area contributed by atoms with Crippen LogP contribution in [0.15, 0.2) is 71.6 Å². The molecule has 7 heteroatoms. The summed E-state index contributed by atoms with van der Waals surface area (Å²) in [6, 6.07) is 22.7. The van der Waals surface area contributed by atoms with E-state index in [0.717, 1.165) is 67.2 Å². The molecule has 1 saturated heterocycles. The summed E-state index contributed by atoms with van der Waals surface area (Å²) in [7, 11) is 0. The average Bonchev–Trinajstić information content (AvgIpc) is 3.34. The van der Waals surface area contributed by atoms with Crippen LogP contribution in [0, 0.1) is 17.1 Å². The molecule has 212 valence electrons. The van der Waals surface area contributed by atoms with E-state index in [0.29, 0.717) is 23.7 Å². The van der Waals surface area contributed by atoms with Gasteiger partial charge in [-0.3, -0.25) is 0 Å². The van der Waals surface area contributed by atoms with Gasteiger partial charge in [-0.05, 0) is 130 Å². The number of esters is 1. The van der Waals surface area contributed by atoms with Gasteiger partial charge in [0.1, 0.15) is 5.82 Å². The third-order valence-corrected chi connectivity index (χ3v) is 9.01. The van der Waals surface area contributed by atoms with Crippen LogP contribution in [0.25, 0.3) is 16.6 Å². The van der Waals surface area contributed by atoms with E-state index in [1.54, 1.807) is 18.7 Å². The Morgan fingerprint density at radius 2 is 1.78 bits per heavy atom. The van der Waals surface area contributed by atoms with Crippen LogP contribution in [0.4, 0.5) is 4.39 Å². The van der Waals surface area contributed by atoms with E-state index in [2.05, 4.69) is 28.5 Å². The highest BCUT2D eigenvalue weighted by Gasteiger charge is 2.27. The number of likely N-dealkylation sites (tertiary alicyclic amines) is 1. The SMILES string of the molecule is CCOC(=O)c1ccc(-n2c(CC)c(C3CCN(CCCSc4ccc(F)cc4)CC3)c3ccc(C#N)cc32)cc1. The lowest BCUT2D eigenvalue weighted by Crippen LogP contribution is -2.34. The number of nitriles is 1. The molecule has 0 amide bonds. The number of carbonyl (C=O) groups is 1. The smallest absolute Gasteiger partial charge is 0.338 e. The van der Waals surface area contributed by atoms with Crippen LogP contribution in [0.3, 0.4) is 0 Å². The normalized spacial score (nSPS) is 14.3. The van der Waals surface area contributed by atoms with E-state index in [-0.39, 0.29) is 11.8 Å². The van der Waals surface area contributed by atoms with Gasteiger partial charge in [0.05, 0.1) is 29.3 Å². The number of ether oxygens (including phenoxy) is 1. The first-order valence-electron chi connectivity index (χ1n) is 14.5. The van der Waals surface area contributed by atoms with Gasteiger partial charge in [-0.1, -0.05) is 13.0 Å². The summed E-state index contributed by atoms with van der Waals surface area (Å²) in [6.45, 7) is 7.54. The predicted octanol–water partition coefficient (Wildman–Crippen LogP) is 7.74. The summed E-state index contributed by atoms with van der Waals surface area (Å²) < 4.78 is 20.6.